The van der Waals surface area contributed by atoms with E-state index in [4.69, 9.17) is 16.3 Å². The summed E-state index contributed by atoms with van der Waals surface area (Å²) in [6, 6.07) is 1.95. The first-order valence-corrected chi connectivity index (χ1v) is 4.83. The van der Waals surface area contributed by atoms with Crippen molar-refractivity contribution in [3.63, 3.8) is 0 Å². The Kier molecular flexibility index (Phi) is 2.16. The van der Waals surface area contributed by atoms with E-state index in [0.717, 1.165) is 6.42 Å². The average molecular weight is 198 g/mol. The van der Waals surface area contributed by atoms with Gasteiger partial charge in [0.15, 0.2) is 0 Å². The van der Waals surface area contributed by atoms with E-state index in [0.29, 0.717) is 17.0 Å². The van der Waals surface area contributed by atoms with E-state index in [1.165, 1.54) is 17.5 Å². The zero-order valence-corrected chi connectivity index (χ0v) is 8.56. The smallest absolute Gasteiger partial charge is 0.218 e. The zero-order chi connectivity index (χ0) is 9.42. The van der Waals surface area contributed by atoms with Crippen molar-refractivity contribution in [1.29, 1.82) is 0 Å². The monoisotopic (exact) mass is 197 g/mol. The van der Waals surface area contributed by atoms with Crippen LogP contribution in [0, 0.1) is 0 Å². The van der Waals surface area contributed by atoms with Crippen LogP contribution in [0.25, 0.3) is 0 Å². The highest BCUT2D eigenvalue weighted by molar-refractivity contribution is 6.29. The molecule has 0 fully saturated rings. The normalized spacial score (nSPS) is 20.1. The summed E-state index contributed by atoms with van der Waals surface area (Å²) < 4.78 is 5.21. The molecule has 0 radical (unpaired) electrons. The van der Waals surface area contributed by atoms with Gasteiger partial charge in [-0.25, -0.2) is 4.98 Å². The molecule has 13 heavy (non-hydrogen) atoms. The van der Waals surface area contributed by atoms with Gasteiger partial charge in [-0.15, -0.1) is 0 Å². The third-order valence-corrected chi connectivity index (χ3v) is 2.80. The first-order valence-electron chi connectivity index (χ1n) is 4.45. The lowest BCUT2D eigenvalue weighted by atomic mass is 10.1. The van der Waals surface area contributed by atoms with Crippen LogP contribution in [0.3, 0.4) is 0 Å². The Hall–Kier alpha value is -0.760. The minimum atomic E-state index is 0.532. The van der Waals surface area contributed by atoms with Crippen molar-refractivity contribution in [1.82, 2.24) is 4.98 Å². The summed E-state index contributed by atoms with van der Waals surface area (Å²) in [5, 5.41) is 0.532. The van der Waals surface area contributed by atoms with Crippen LogP contribution >= 0.6 is 11.6 Å². The SMILES string of the molecule is COc1nc(Cl)cc2c1C(C)CC2. The van der Waals surface area contributed by atoms with E-state index in [1.54, 1.807) is 7.11 Å². The van der Waals surface area contributed by atoms with Crippen molar-refractivity contribution in [3.05, 3.63) is 22.3 Å². The number of fused-ring (bicyclic) bond motifs is 1. The lowest BCUT2D eigenvalue weighted by Crippen LogP contribution is -1.97. The van der Waals surface area contributed by atoms with Crippen LogP contribution in [0.5, 0.6) is 5.88 Å². The molecule has 1 aliphatic carbocycles. The number of aryl methyl sites for hydroxylation is 1. The van der Waals surface area contributed by atoms with Crippen LogP contribution < -0.4 is 4.74 Å². The van der Waals surface area contributed by atoms with E-state index >= 15 is 0 Å². The Morgan fingerprint density at radius 1 is 1.62 bits per heavy atom. The highest BCUT2D eigenvalue weighted by Gasteiger charge is 2.24. The highest BCUT2D eigenvalue weighted by atomic mass is 35.5. The van der Waals surface area contributed by atoms with Gasteiger partial charge in [0.1, 0.15) is 5.15 Å². The number of hydrogen-bond acceptors (Lipinski definition) is 2. The first kappa shape index (κ1) is 8.82. The molecule has 1 heterocycles. The Morgan fingerprint density at radius 2 is 2.38 bits per heavy atom. The van der Waals surface area contributed by atoms with E-state index in [2.05, 4.69) is 11.9 Å². The maximum absolute atomic E-state index is 5.86. The van der Waals surface area contributed by atoms with Gasteiger partial charge in [0.25, 0.3) is 0 Å². The van der Waals surface area contributed by atoms with Gasteiger partial charge in [-0.05, 0) is 30.4 Å². The molecule has 0 N–H and O–H groups in total. The molecule has 0 bridgehead atoms. The molecular formula is C10H12ClNO. The number of ether oxygens (including phenoxy) is 1. The molecule has 1 unspecified atom stereocenters. The van der Waals surface area contributed by atoms with Gasteiger partial charge in [0.2, 0.25) is 5.88 Å². The van der Waals surface area contributed by atoms with Crippen LogP contribution in [0.2, 0.25) is 5.15 Å². The maximum atomic E-state index is 5.86. The fourth-order valence-corrected chi connectivity index (χ4v) is 2.16. The van der Waals surface area contributed by atoms with E-state index in [1.807, 2.05) is 6.07 Å². The van der Waals surface area contributed by atoms with Gasteiger partial charge in [0, 0.05) is 5.56 Å². The molecule has 0 spiro atoms. The van der Waals surface area contributed by atoms with Crippen molar-refractivity contribution in [2.75, 3.05) is 7.11 Å². The van der Waals surface area contributed by atoms with Crippen LogP contribution in [-0.2, 0) is 6.42 Å². The standard InChI is InChI=1S/C10H12ClNO/c1-6-3-4-7-5-8(11)12-10(13-2)9(6)7/h5-6H,3-4H2,1-2H3. The van der Waals surface area contributed by atoms with Gasteiger partial charge in [0.05, 0.1) is 7.11 Å². The molecule has 70 valence electrons. The summed E-state index contributed by atoms with van der Waals surface area (Å²) in [7, 11) is 1.64. The van der Waals surface area contributed by atoms with Crippen molar-refractivity contribution in [2.45, 2.75) is 25.7 Å². The van der Waals surface area contributed by atoms with Gasteiger partial charge < -0.3 is 4.74 Å². The molecule has 0 saturated heterocycles. The lowest BCUT2D eigenvalue weighted by Gasteiger charge is -2.09. The second-order valence-electron chi connectivity index (χ2n) is 3.47. The molecular weight excluding hydrogens is 186 g/mol. The highest BCUT2D eigenvalue weighted by Crippen LogP contribution is 2.38. The molecule has 2 rings (SSSR count). The van der Waals surface area contributed by atoms with E-state index < -0.39 is 0 Å². The molecule has 3 heteroatoms. The van der Waals surface area contributed by atoms with E-state index in [9.17, 15) is 0 Å². The quantitative estimate of drug-likeness (QED) is 0.646. The van der Waals surface area contributed by atoms with Crippen LogP contribution in [0.4, 0.5) is 0 Å². The first-order chi connectivity index (χ1) is 6.22. The van der Waals surface area contributed by atoms with Crippen molar-refractivity contribution in [2.24, 2.45) is 0 Å². The summed E-state index contributed by atoms with van der Waals surface area (Å²) in [5.74, 6) is 1.25. The van der Waals surface area contributed by atoms with Crippen LogP contribution in [-0.4, -0.2) is 12.1 Å². The summed E-state index contributed by atoms with van der Waals surface area (Å²) in [4.78, 5) is 4.16. The predicted octanol–water partition coefficient (Wildman–Crippen LogP) is 2.79. The number of pyridine rings is 1. The predicted molar refractivity (Wildman–Crippen MR) is 52.5 cm³/mol. The summed E-state index contributed by atoms with van der Waals surface area (Å²) >= 11 is 5.86. The minimum absolute atomic E-state index is 0.532. The fourth-order valence-electron chi connectivity index (χ4n) is 1.95. The molecule has 2 nitrogen and oxygen atoms in total. The average Bonchev–Trinajstić information content (AvgIpc) is 2.46. The third kappa shape index (κ3) is 1.39. The number of aromatic nitrogens is 1. The fraction of sp³-hybridized carbons (Fsp3) is 0.500. The van der Waals surface area contributed by atoms with Crippen LogP contribution in [0.15, 0.2) is 6.07 Å². The zero-order valence-electron chi connectivity index (χ0n) is 7.80. The maximum Gasteiger partial charge on any atom is 0.218 e. The molecule has 0 saturated carbocycles. The molecule has 1 aromatic heterocycles. The van der Waals surface area contributed by atoms with Gasteiger partial charge in [-0.2, -0.15) is 0 Å². The van der Waals surface area contributed by atoms with Crippen molar-refractivity contribution >= 4 is 11.6 Å². The van der Waals surface area contributed by atoms with Gasteiger partial charge in [-0.1, -0.05) is 18.5 Å². The van der Waals surface area contributed by atoms with Gasteiger partial charge in [-0.3, -0.25) is 0 Å². The second-order valence-corrected chi connectivity index (χ2v) is 3.85. The number of halogens is 1. The minimum Gasteiger partial charge on any atom is -0.481 e. The number of nitrogens with zero attached hydrogens (tertiary/aromatic N) is 1. The van der Waals surface area contributed by atoms with Crippen molar-refractivity contribution in [3.8, 4) is 5.88 Å². The van der Waals surface area contributed by atoms with E-state index in [-0.39, 0.29) is 0 Å². The topological polar surface area (TPSA) is 22.1 Å². The molecule has 1 aromatic rings. The third-order valence-electron chi connectivity index (χ3n) is 2.61. The Morgan fingerprint density at radius 3 is 3.08 bits per heavy atom. The number of methoxy groups -OCH3 is 1. The molecule has 0 amide bonds. The molecule has 0 aliphatic heterocycles. The molecule has 0 aromatic carbocycles. The van der Waals surface area contributed by atoms with Gasteiger partial charge >= 0.3 is 0 Å². The lowest BCUT2D eigenvalue weighted by molar-refractivity contribution is 0.390. The van der Waals surface area contributed by atoms with Crippen LogP contribution in [0.1, 0.15) is 30.4 Å². The van der Waals surface area contributed by atoms with Crippen molar-refractivity contribution < 1.29 is 4.74 Å². The molecule has 1 atom stereocenters. The summed E-state index contributed by atoms with van der Waals surface area (Å²) in [6.45, 7) is 2.20. The Bertz CT molecular complexity index is 338. The summed E-state index contributed by atoms with van der Waals surface area (Å²) in [5.41, 5.74) is 2.54. The summed E-state index contributed by atoms with van der Waals surface area (Å²) in [6.07, 6.45) is 2.27. The Balaban J connectivity index is 2.57. The number of rotatable bonds is 1. The molecule has 1 aliphatic rings. The number of hydrogen-bond donors (Lipinski definition) is 0. The Labute approximate surface area is 82.9 Å². The second kappa shape index (κ2) is 3.18. The largest absolute Gasteiger partial charge is 0.481 e.